The van der Waals surface area contributed by atoms with Gasteiger partial charge in [-0.15, -0.1) is 11.8 Å². The summed E-state index contributed by atoms with van der Waals surface area (Å²) in [7, 11) is 0. The van der Waals surface area contributed by atoms with Crippen LogP contribution in [0.1, 0.15) is 25.0 Å². The minimum absolute atomic E-state index is 0.0799. The average Bonchev–Trinajstić information content (AvgIpc) is 2.52. The van der Waals surface area contributed by atoms with Crippen LogP contribution in [0, 0.1) is 0 Å². The molecule has 2 unspecified atom stereocenters. The maximum Gasteiger partial charge on any atom is 0.139 e. The van der Waals surface area contributed by atoms with E-state index in [1.165, 1.54) is 4.90 Å². The lowest BCUT2D eigenvalue weighted by Crippen LogP contribution is -2.31. The highest BCUT2D eigenvalue weighted by Crippen LogP contribution is 2.28. The second-order valence-electron chi connectivity index (χ2n) is 4.84. The van der Waals surface area contributed by atoms with Crippen molar-refractivity contribution in [3.63, 3.8) is 0 Å². The third-order valence-corrected chi connectivity index (χ3v) is 4.34. The minimum Gasteiger partial charge on any atom is -0.484 e. The molecule has 0 aliphatic heterocycles. The van der Waals surface area contributed by atoms with Crippen LogP contribution in [0.15, 0.2) is 53.4 Å². The number of nitrogens with two attached hydrogens (primary N) is 1. The first-order valence-corrected chi connectivity index (χ1v) is 8.56. The van der Waals surface area contributed by atoms with Gasteiger partial charge in [0.1, 0.15) is 11.9 Å². The van der Waals surface area contributed by atoms with E-state index in [1.807, 2.05) is 48.5 Å². The first-order valence-electron chi connectivity index (χ1n) is 6.95. The molecule has 0 fully saturated rings. The Labute approximate surface area is 135 Å². The van der Waals surface area contributed by atoms with Gasteiger partial charge in [-0.2, -0.15) is 0 Å². The topological polar surface area (TPSA) is 35.2 Å². The average molecular weight is 322 g/mol. The van der Waals surface area contributed by atoms with Gasteiger partial charge in [-0.05, 0) is 54.6 Å². The third kappa shape index (κ3) is 4.40. The highest BCUT2D eigenvalue weighted by atomic mass is 35.5. The molecule has 0 aliphatic rings. The maximum atomic E-state index is 6.23. The van der Waals surface area contributed by atoms with Crippen molar-refractivity contribution in [1.29, 1.82) is 0 Å². The second-order valence-corrected chi connectivity index (χ2v) is 6.16. The zero-order valence-corrected chi connectivity index (χ0v) is 13.8. The summed E-state index contributed by atoms with van der Waals surface area (Å²) in [4.78, 5) is 1.21. The van der Waals surface area contributed by atoms with E-state index < -0.39 is 0 Å². The van der Waals surface area contributed by atoms with Gasteiger partial charge in [0.25, 0.3) is 0 Å². The first kappa shape index (κ1) is 16.2. The lowest BCUT2D eigenvalue weighted by Gasteiger charge is -2.25. The largest absolute Gasteiger partial charge is 0.484 e. The molecule has 0 radical (unpaired) electrons. The highest BCUT2D eigenvalue weighted by Gasteiger charge is 2.20. The zero-order chi connectivity index (χ0) is 15.2. The smallest absolute Gasteiger partial charge is 0.139 e. The van der Waals surface area contributed by atoms with Gasteiger partial charge in [0.2, 0.25) is 0 Å². The second kappa shape index (κ2) is 7.74. The third-order valence-electron chi connectivity index (χ3n) is 3.36. The van der Waals surface area contributed by atoms with Gasteiger partial charge >= 0.3 is 0 Å². The number of ether oxygens (including phenoxy) is 1. The van der Waals surface area contributed by atoms with Crippen LogP contribution in [0.25, 0.3) is 0 Å². The van der Waals surface area contributed by atoms with E-state index in [9.17, 15) is 0 Å². The van der Waals surface area contributed by atoms with Gasteiger partial charge in [-0.1, -0.05) is 30.7 Å². The van der Waals surface area contributed by atoms with Crippen LogP contribution >= 0.6 is 23.4 Å². The van der Waals surface area contributed by atoms with Gasteiger partial charge in [0.15, 0.2) is 0 Å². The number of hydrogen-bond donors (Lipinski definition) is 1. The molecule has 112 valence electrons. The Morgan fingerprint density at radius 3 is 2.48 bits per heavy atom. The summed E-state index contributed by atoms with van der Waals surface area (Å²) < 4.78 is 6.11. The Hall–Kier alpha value is -1.16. The molecule has 2 aromatic carbocycles. The molecular weight excluding hydrogens is 302 g/mol. The molecule has 4 heteroatoms. The fourth-order valence-corrected chi connectivity index (χ4v) is 2.71. The molecule has 0 saturated heterocycles. The molecule has 2 N–H and O–H groups in total. The number of thioether (sulfide) groups is 1. The van der Waals surface area contributed by atoms with Crippen molar-refractivity contribution >= 4 is 23.4 Å². The van der Waals surface area contributed by atoms with E-state index in [4.69, 9.17) is 22.1 Å². The molecule has 2 aromatic rings. The molecule has 21 heavy (non-hydrogen) atoms. The standard InChI is InChI=1S/C17H20ClNOS/c1-3-16(19)17(12-5-4-6-13(18)11-12)20-14-7-9-15(21-2)10-8-14/h4-11,16-17H,3,19H2,1-2H3. The lowest BCUT2D eigenvalue weighted by atomic mass is 10.0. The number of rotatable bonds is 6. The molecule has 0 saturated carbocycles. The molecule has 0 heterocycles. The van der Waals surface area contributed by atoms with E-state index in [0.717, 1.165) is 17.7 Å². The molecule has 0 bridgehead atoms. The van der Waals surface area contributed by atoms with Crippen LogP contribution in [0.3, 0.4) is 0 Å². The van der Waals surface area contributed by atoms with E-state index in [0.29, 0.717) is 5.02 Å². The lowest BCUT2D eigenvalue weighted by molar-refractivity contribution is 0.171. The molecule has 0 amide bonds. The predicted octanol–water partition coefficient (Wildman–Crippen LogP) is 4.92. The summed E-state index contributed by atoms with van der Waals surface area (Å²) in [5.74, 6) is 0.821. The first-order chi connectivity index (χ1) is 10.1. The van der Waals surface area contributed by atoms with Crippen molar-refractivity contribution in [3.8, 4) is 5.75 Å². The molecule has 2 atom stereocenters. The van der Waals surface area contributed by atoms with Crippen LogP contribution in [-0.4, -0.2) is 12.3 Å². The van der Waals surface area contributed by atoms with E-state index >= 15 is 0 Å². The van der Waals surface area contributed by atoms with Gasteiger partial charge < -0.3 is 10.5 Å². The van der Waals surface area contributed by atoms with Crippen molar-refractivity contribution in [3.05, 3.63) is 59.1 Å². The van der Waals surface area contributed by atoms with Crippen LogP contribution in [0.5, 0.6) is 5.75 Å². The Kier molecular flexibility index (Phi) is 5.97. The summed E-state index contributed by atoms with van der Waals surface area (Å²) in [6, 6.07) is 15.7. The van der Waals surface area contributed by atoms with Crippen LogP contribution in [0.2, 0.25) is 5.02 Å². The van der Waals surface area contributed by atoms with Gasteiger partial charge in [0, 0.05) is 16.0 Å². The van der Waals surface area contributed by atoms with E-state index in [-0.39, 0.29) is 12.1 Å². The number of hydrogen-bond acceptors (Lipinski definition) is 3. The van der Waals surface area contributed by atoms with E-state index in [1.54, 1.807) is 11.8 Å². The maximum absolute atomic E-state index is 6.23. The van der Waals surface area contributed by atoms with Crippen LogP contribution in [0.4, 0.5) is 0 Å². The van der Waals surface area contributed by atoms with Crippen molar-refractivity contribution < 1.29 is 4.74 Å². The number of benzene rings is 2. The highest BCUT2D eigenvalue weighted by molar-refractivity contribution is 7.98. The molecule has 0 aliphatic carbocycles. The van der Waals surface area contributed by atoms with Crippen LogP contribution < -0.4 is 10.5 Å². The monoisotopic (exact) mass is 321 g/mol. The van der Waals surface area contributed by atoms with Crippen molar-refractivity contribution in [2.24, 2.45) is 5.73 Å². The fourth-order valence-electron chi connectivity index (χ4n) is 2.10. The summed E-state index contributed by atoms with van der Waals surface area (Å²) in [6.45, 7) is 2.06. The summed E-state index contributed by atoms with van der Waals surface area (Å²) in [5.41, 5.74) is 7.24. The minimum atomic E-state index is -0.200. The predicted molar refractivity (Wildman–Crippen MR) is 91.3 cm³/mol. The zero-order valence-electron chi connectivity index (χ0n) is 12.3. The van der Waals surface area contributed by atoms with Crippen molar-refractivity contribution in [2.75, 3.05) is 6.26 Å². The molecular formula is C17H20ClNOS. The van der Waals surface area contributed by atoms with Crippen molar-refractivity contribution in [2.45, 2.75) is 30.4 Å². The Morgan fingerprint density at radius 1 is 1.19 bits per heavy atom. The molecule has 2 rings (SSSR count). The number of halogens is 1. The van der Waals surface area contributed by atoms with Crippen LogP contribution in [-0.2, 0) is 0 Å². The van der Waals surface area contributed by atoms with E-state index in [2.05, 4.69) is 13.2 Å². The Balaban J connectivity index is 2.23. The Bertz CT molecular complexity index is 573. The fraction of sp³-hybridized carbons (Fsp3) is 0.294. The normalized spacial score (nSPS) is 13.7. The Morgan fingerprint density at radius 2 is 1.90 bits per heavy atom. The summed E-state index contributed by atoms with van der Waals surface area (Å²) in [6.07, 6.45) is 2.69. The SMILES string of the molecule is CCC(N)C(Oc1ccc(SC)cc1)c1cccc(Cl)c1. The van der Waals surface area contributed by atoms with Gasteiger partial charge in [0.05, 0.1) is 0 Å². The summed E-state index contributed by atoms with van der Waals surface area (Å²) >= 11 is 7.79. The van der Waals surface area contributed by atoms with Gasteiger partial charge in [-0.3, -0.25) is 0 Å². The van der Waals surface area contributed by atoms with Crippen molar-refractivity contribution in [1.82, 2.24) is 0 Å². The molecule has 0 aromatic heterocycles. The molecule has 2 nitrogen and oxygen atoms in total. The summed E-state index contributed by atoms with van der Waals surface area (Å²) in [5, 5.41) is 0.696. The van der Waals surface area contributed by atoms with Gasteiger partial charge in [-0.25, -0.2) is 0 Å². The quantitative estimate of drug-likeness (QED) is 0.767. The molecule has 0 spiro atoms.